The number of imide groups is 2. The van der Waals surface area contributed by atoms with E-state index in [9.17, 15) is 24.0 Å². The molecule has 8 nitrogen and oxygen atoms in total. The number of ether oxygens (including phenoxy) is 1. The number of unbranched alkanes of at least 4 members (excludes halogenated alkanes) is 1. The maximum atomic E-state index is 12.8. The van der Waals surface area contributed by atoms with Gasteiger partial charge in [-0.2, -0.15) is 0 Å². The summed E-state index contributed by atoms with van der Waals surface area (Å²) >= 11 is 0. The molecular weight excluding hydrogens is 472 g/mol. The van der Waals surface area contributed by atoms with E-state index < -0.39 is 23.8 Å². The van der Waals surface area contributed by atoms with Crippen LogP contribution in [0.1, 0.15) is 107 Å². The van der Waals surface area contributed by atoms with Gasteiger partial charge in [-0.15, -0.1) is 0 Å². The maximum Gasteiger partial charge on any atom is 0.263 e. The third kappa shape index (κ3) is 9.25. The quantitative estimate of drug-likeness (QED) is 0.366. The average Bonchev–Trinajstić information content (AvgIpc) is 3.10. The van der Waals surface area contributed by atoms with Crippen LogP contribution in [-0.4, -0.2) is 53.6 Å². The number of rotatable bonds is 4. The van der Waals surface area contributed by atoms with Crippen molar-refractivity contribution in [2.24, 2.45) is 5.41 Å². The molecule has 1 unspecified atom stereocenters. The molecule has 2 aliphatic heterocycles. The minimum absolute atomic E-state index is 0.0417. The second-order valence-electron chi connectivity index (χ2n) is 10.5. The molecule has 1 N–H and O–H groups in total. The molecule has 1 fully saturated rings. The summed E-state index contributed by atoms with van der Waals surface area (Å²) in [6, 6.07) is 3.98. The Balaban J connectivity index is 0.000000437. The summed E-state index contributed by atoms with van der Waals surface area (Å²) in [7, 11) is 1.71. The normalized spacial score (nSPS) is 16.9. The largest absolute Gasteiger partial charge is 0.379 e. The molecule has 1 saturated heterocycles. The van der Waals surface area contributed by atoms with Crippen LogP contribution in [0.2, 0.25) is 0 Å². The molecule has 3 rings (SSSR count). The van der Waals surface area contributed by atoms with Gasteiger partial charge in [0.05, 0.1) is 16.7 Å². The Bertz CT molecular complexity index is 1070. The minimum Gasteiger partial charge on any atom is -0.379 e. The van der Waals surface area contributed by atoms with Crippen molar-refractivity contribution in [3.63, 3.8) is 0 Å². The number of hydrogen-bond donors (Lipinski definition) is 1. The monoisotopic (exact) mass is 512 g/mol. The van der Waals surface area contributed by atoms with Gasteiger partial charge < -0.3 is 9.53 Å². The molecule has 37 heavy (non-hydrogen) atoms. The van der Waals surface area contributed by atoms with Crippen molar-refractivity contribution in [3.05, 3.63) is 34.9 Å². The number of amides is 4. The fourth-order valence-electron chi connectivity index (χ4n) is 2.99. The Morgan fingerprint density at radius 3 is 2.16 bits per heavy atom. The lowest BCUT2D eigenvalue weighted by Crippen LogP contribution is -2.54. The van der Waals surface area contributed by atoms with Gasteiger partial charge in [-0.05, 0) is 52.2 Å². The number of carbonyl (C=O) groups excluding carboxylic acids is 5. The van der Waals surface area contributed by atoms with E-state index in [2.05, 4.69) is 17.2 Å². The summed E-state index contributed by atoms with van der Waals surface area (Å²) in [6.45, 7) is 13.9. The van der Waals surface area contributed by atoms with Crippen molar-refractivity contribution < 1.29 is 28.7 Å². The number of benzene rings is 1. The van der Waals surface area contributed by atoms with E-state index in [1.165, 1.54) is 0 Å². The second kappa shape index (κ2) is 13.8. The van der Waals surface area contributed by atoms with Crippen molar-refractivity contribution in [1.29, 1.82) is 0 Å². The minimum atomic E-state index is -0.952. The summed E-state index contributed by atoms with van der Waals surface area (Å²) in [6.07, 6.45) is 3.77. The molecule has 202 valence electrons. The van der Waals surface area contributed by atoms with Crippen LogP contribution in [0.15, 0.2) is 18.2 Å². The van der Waals surface area contributed by atoms with E-state index >= 15 is 0 Å². The first kappa shape index (κ1) is 31.7. The second-order valence-corrected chi connectivity index (χ2v) is 10.5. The van der Waals surface area contributed by atoms with Crippen LogP contribution in [-0.2, 0) is 19.1 Å². The van der Waals surface area contributed by atoms with Crippen LogP contribution in [0, 0.1) is 17.3 Å². The van der Waals surface area contributed by atoms with Gasteiger partial charge in [-0.25, -0.2) is 0 Å². The molecule has 0 bridgehead atoms. The fraction of sp³-hybridized carbons (Fsp3) is 0.552. The van der Waals surface area contributed by atoms with E-state index in [1.54, 1.807) is 25.3 Å². The van der Waals surface area contributed by atoms with Gasteiger partial charge >= 0.3 is 0 Å². The Kier molecular flexibility index (Phi) is 11.9. The van der Waals surface area contributed by atoms with Crippen LogP contribution < -0.4 is 5.32 Å². The van der Waals surface area contributed by atoms with Crippen molar-refractivity contribution >= 4 is 29.9 Å². The van der Waals surface area contributed by atoms with Crippen molar-refractivity contribution in [2.45, 2.75) is 92.2 Å². The highest BCUT2D eigenvalue weighted by molar-refractivity contribution is 6.24. The molecule has 1 aromatic rings. The molecule has 0 radical (unpaired) electrons. The summed E-state index contributed by atoms with van der Waals surface area (Å²) in [4.78, 5) is 59.7. The molecule has 2 heterocycles. The van der Waals surface area contributed by atoms with Gasteiger partial charge in [-0.1, -0.05) is 45.6 Å². The molecule has 0 aromatic heterocycles. The van der Waals surface area contributed by atoms with Gasteiger partial charge in [0.2, 0.25) is 11.8 Å². The molecule has 2 aliphatic rings. The molecule has 8 heteroatoms. The van der Waals surface area contributed by atoms with Gasteiger partial charge in [0.15, 0.2) is 0 Å². The zero-order chi connectivity index (χ0) is 28.4. The first-order chi connectivity index (χ1) is 17.2. The Morgan fingerprint density at radius 1 is 1.08 bits per heavy atom. The van der Waals surface area contributed by atoms with Crippen molar-refractivity contribution in [2.75, 3.05) is 7.11 Å². The van der Waals surface area contributed by atoms with Gasteiger partial charge in [0, 0.05) is 30.9 Å². The number of nitrogens with zero attached hydrogens (tertiary/aromatic N) is 1. The number of carbonyl (C=O) groups is 5. The first-order valence-electron chi connectivity index (χ1n) is 12.6. The van der Waals surface area contributed by atoms with E-state index in [-0.39, 0.29) is 40.9 Å². The highest BCUT2D eigenvalue weighted by Crippen LogP contribution is 2.29. The standard InChI is InChI=1S/C18H16N2O4.C6H12O.C5H12O/c1-2-3-4-6-11-7-5-8-12-15(11)18(24)20(17(12)23)13-9-10-14(21)19-16(13)22;1-4-6(2,3)5-7;1-5(2,3)6-4/h5,7-8,13H,2-3,9-10H2,1H3,(H,19,21,22);5H,4H2,1-3H3;1-4H3. The molecule has 0 spiro atoms. The van der Waals surface area contributed by atoms with E-state index in [1.807, 2.05) is 48.5 Å². The lowest BCUT2D eigenvalue weighted by atomic mass is 9.93. The molecular formula is C29H40N2O6. The van der Waals surface area contributed by atoms with Crippen LogP contribution in [0.5, 0.6) is 0 Å². The predicted octanol–water partition coefficient (Wildman–Crippen LogP) is 4.29. The van der Waals surface area contributed by atoms with E-state index in [0.29, 0.717) is 12.0 Å². The Labute approximate surface area is 220 Å². The van der Waals surface area contributed by atoms with E-state index in [4.69, 9.17) is 4.74 Å². The molecule has 0 saturated carbocycles. The summed E-state index contributed by atoms with van der Waals surface area (Å²) < 4.78 is 4.94. The molecule has 1 aromatic carbocycles. The van der Waals surface area contributed by atoms with Gasteiger partial charge in [0.1, 0.15) is 12.3 Å². The Morgan fingerprint density at radius 2 is 1.70 bits per heavy atom. The molecule has 1 atom stereocenters. The number of hydrogen-bond acceptors (Lipinski definition) is 6. The van der Waals surface area contributed by atoms with Crippen molar-refractivity contribution in [1.82, 2.24) is 10.2 Å². The lowest BCUT2D eigenvalue weighted by molar-refractivity contribution is -0.136. The maximum absolute atomic E-state index is 12.8. The van der Waals surface area contributed by atoms with E-state index in [0.717, 1.165) is 24.0 Å². The lowest BCUT2D eigenvalue weighted by Gasteiger charge is -2.27. The highest BCUT2D eigenvalue weighted by Gasteiger charge is 2.45. The summed E-state index contributed by atoms with van der Waals surface area (Å²) in [5.74, 6) is 3.87. The van der Waals surface area contributed by atoms with Crippen LogP contribution in [0.25, 0.3) is 0 Å². The Hall–Kier alpha value is -3.31. The number of methoxy groups -OCH3 is 1. The van der Waals surface area contributed by atoms with Crippen LogP contribution in [0.4, 0.5) is 0 Å². The average molecular weight is 513 g/mol. The number of fused-ring (bicyclic) bond motifs is 1. The summed E-state index contributed by atoms with van der Waals surface area (Å²) in [5.41, 5.74) is 0.942. The third-order valence-electron chi connectivity index (χ3n) is 5.91. The number of piperidine rings is 1. The zero-order valence-corrected chi connectivity index (χ0v) is 23.3. The first-order valence-corrected chi connectivity index (χ1v) is 12.6. The number of aldehydes is 1. The topological polar surface area (TPSA) is 110 Å². The van der Waals surface area contributed by atoms with Gasteiger partial charge in [0.25, 0.3) is 11.8 Å². The fourth-order valence-corrected chi connectivity index (χ4v) is 2.99. The summed E-state index contributed by atoms with van der Waals surface area (Å²) in [5, 5.41) is 2.18. The molecule has 0 aliphatic carbocycles. The van der Waals surface area contributed by atoms with Crippen molar-refractivity contribution in [3.8, 4) is 11.8 Å². The smallest absolute Gasteiger partial charge is 0.263 e. The SMILES string of the molecule is CCC(C)(C)C=O.CCCC#Cc1cccc2c1C(=O)N(C1CCC(=O)NC1=O)C2=O.COC(C)(C)C. The number of nitrogens with one attached hydrogen (secondary N) is 1. The predicted molar refractivity (Wildman–Crippen MR) is 142 cm³/mol. The highest BCUT2D eigenvalue weighted by atomic mass is 16.5. The van der Waals surface area contributed by atoms with Crippen LogP contribution in [0.3, 0.4) is 0 Å². The molecule has 4 amide bonds. The van der Waals surface area contributed by atoms with Gasteiger partial charge in [-0.3, -0.25) is 29.4 Å². The van der Waals surface area contributed by atoms with Crippen LogP contribution >= 0.6 is 0 Å². The third-order valence-corrected chi connectivity index (χ3v) is 5.91. The zero-order valence-electron chi connectivity index (χ0n) is 23.3.